The van der Waals surface area contributed by atoms with E-state index in [1.165, 1.54) is 0 Å². The number of imidazole rings is 1. The molecule has 0 bridgehead atoms. The van der Waals surface area contributed by atoms with E-state index in [2.05, 4.69) is 4.98 Å². The molecule has 1 aromatic carbocycles. The highest BCUT2D eigenvalue weighted by molar-refractivity contribution is 6.33. The second-order valence-corrected chi connectivity index (χ2v) is 4.26. The van der Waals surface area contributed by atoms with E-state index in [0.29, 0.717) is 23.4 Å². The fourth-order valence-electron chi connectivity index (χ4n) is 1.68. The van der Waals surface area contributed by atoms with Gasteiger partial charge in [-0.3, -0.25) is 4.79 Å². The lowest BCUT2D eigenvalue weighted by atomic mass is 10.1. The smallest absolute Gasteiger partial charge is 0.164 e. The van der Waals surface area contributed by atoms with Gasteiger partial charge in [0.1, 0.15) is 5.82 Å². The highest BCUT2D eigenvalue weighted by Gasteiger charge is 2.10. The van der Waals surface area contributed by atoms with E-state index in [-0.39, 0.29) is 5.78 Å². The summed E-state index contributed by atoms with van der Waals surface area (Å²) in [5.41, 5.74) is 0.586. The maximum atomic E-state index is 12.0. The molecule has 88 valence electrons. The van der Waals surface area contributed by atoms with Crippen LogP contribution in [0.3, 0.4) is 0 Å². The van der Waals surface area contributed by atoms with Crippen LogP contribution in [0.5, 0.6) is 0 Å². The van der Waals surface area contributed by atoms with Crippen LogP contribution in [0.15, 0.2) is 36.7 Å². The second kappa shape index (κ2) is 5.15. The van der Waals surface area contributed by atoms with Gasteiger partial charge in [0.25, 0.3) is 0 Å². The number of ketones is 1. The Morgan fingerprint density at radius 2 is 2.18 bits per heavy atom. The molecular formula is C13H13ClN2O. The normalized spacial score (nSPS) is 10.5. The van der Waals surface area contributed by atoms with Gasteiger partial charge >= 0.3 is 0 Å². The number of hydrogen-bond donors (Lipinski definition) is 0. The Bertz CT molecular complexity index is 534. The van der Waals surface area contributed by atoms with Crippen LogP contribution in [0.25, 0.3) is 0 Å². The molecule has 0 aliphatic heterocycles. The molecule has 0 saturated heterocycles. The molecule has 17 heavy (non-hydrogen) atoms. The van der Waals surface area contributed by atoms with Crippen molar-refractivity contribution >= 4 is 17.4 Å². The number of carbonyl (C=O) groups is 1. The molecule has 0 aliphatic carbocycles. The standard InChI is InChI=1S/C13H13ClN2O/c1-16-9-8-15-13(16)7-6-12(17)10-4-2-3-5-11(10)14/h2-5,8-9H,6-7H2,1H3. The SMILES string of the molecule is Cn1ccnc1CCC(=O)c1ccccc1Cl. The molecule has 1 aromatic heterocycles. The van der Waals surface area contributed by atoms with E-state index >= 15 is 0 Å². The molecule has 0 N–H and O–H groups in total. The monoisotopic (exact) mass is 248 g/mol. The number of rotatable bonds is 4. The van der Waals surface area contributed by atoms with E-state index < -0.39 is 0 Å². The van der Waals surface area contributed by atoms with Crippen LogP contribution in [0, 0.1) is 0 Å². The van der Waals surface area contributed by atoms with Crippen molar-refractivity contribution in [1.82, 2.24) is 9.55 Å². The maximum absolute atomic E-state index is 12.0. The first-order valence-corrected chi connectivity index (χ1v) is 5.80. The zero-order valence-corrected chi connectivity index (χ0v) is 10.3. The predicted octanol–water partition coefficient (Wildman–Crippen LogP) is 2.89. The van der Waals surface area contributed by atoms with Crippen LogP contribution in [0.2, 0.25) is 5.02 Å². The lowest BCUT2D eigenvalue weighted by Crippen LogP contribution is -2.05. The van der Waals surface area contributed by atoms with Crippen LogP contribution in [-0.2, 0) is 13.5 Å². The lowest BCUT2D eigenvalue weighted by Gasteiger charge is -2.03. The highest BCUT2D eigenvalue weighted by Crippen LogP contribution is 2.17. The van der Waals surface area contributed by atoms with Crippen LogP contribution in [0.4, 0.5) is 0 Å². The van der Waals surface area contributed by atoms with Gasteiger partial charge in [0, 0.05) is 37.8 Å². The Kier molecular flexibility index (Phi) is 3.59. The number of Topliss-reactive ketones (excluding diaryl/α,β-unsaturated/α-hetero) is 1. The van der Waals surface area contributed by atoms with Crippen LogP contribution >= 0.6 is 11.6 Å². The molecule has 0 fully saturated rings. The summed E-state index contributed by atoms with van der Waals surface area (Å²) in [4.78, 5) is 16.1. The molecule has 0 radical (unpaired) electrons. The third-order valence-corrected chi connectivity index (χ3v) is 3.00. The number of halogens is 1. The minimum Gasteiger partial charge on any atom is -0.338 e. The van der Waals surface area contributed by atoms with E-state index in [1.54, 1.807) is 18.3 Å². The molecule has 0 atom stereocenters. The average molecular weight is 249 g/mol. The van der Waals surface area contributed by atoms with E-state index in [0.717, 1.165) is 5.82 Å². The summed E-state index contributed by atoms with van der Waals surface area (Å²) in [5, 5.41) is 0.511. The highest BCUT2D eigenvalue weighted by atomic mass is 35.5. The summed E-state index contributed by atoms with van der Waals surface area (Å²) in [6, 6.07) is 7.12. The summed E-state index contributed by atoms with van der Waals surface area (Å²) in [6.45, 7) is 0. The number of benzene rings is 1. The quantitative estimate of drug-likeness (QED) is 0.780. The van der Waals surface area contributed by atoms with Gasteiger partial charge in [0.15, 0.2) is 5.78 Å². The minimum absolute atomic E-state index is 0.0543. The van der Waals surface area contributed by atoms with Crippen molar-refractivity contribution in [2.24, 2.45) is 7.05 Å². The van der Waals surface area contributed by atoms with Crippen molar-refractivity contribution in [3.05, 3.63) is 53.1 Å². The van der Waals surface area contributed by atoms with Crippen molar-refractivity contribution in [3.63, 3.8) is 0 Å². The molecule has 0 unspecified atom stereocenters. The largest absolute Gasteiger partial charge is 0.338 e. The second-order valence-electron chi connectivity index (χ2n) is 3.86. The van der Waals surface area contributed by atoms with Gasteiger partial charge in [-0.05, 0) is 12.1 Å². The summed E-state index contributed by atoms with van der Waals surface area (Å²) in [7, 11) is 1.92. The lowest BCUT2D eigenvalue weighted by molar-refractivity contribution is 0.0982. The first kappa shape index (κ1) is 11.9. The van der Waals surface area contributed by atoms with Gasteiger partial charge in [-0.25, -0.2) is 4.98 Å². The van der Waals surface area contributed by atoms with Gasteiger partial charge in [0.05, 0.1) is 5.02 Å². The van der Waals surface area contributed by atoms with Gasteiger partial charge in [-0.15, -0.1) is 0 Å². The third kappa shape index (κ3) is 2.74. The Labute approximate surface area is 105 Å². The molecule has 0 amide bonds. The van der Waals surface area contributed by atoms with E-state index in [1.807, 2.05) is 29.9 Å². The van der Waals surface area contributed by atoms with Crippen LogP contribution in [0.1, 0.15) is 22.6 Å². The summed E-state index contributed by atoms with van der Waals surface area (Å²) in [6.07, 6.45) is 4.66. The summed E-state index contributed by atoms with van der Waals surface area (Å²) < 4.78 is 1.92. The molecule has 2 aromatic rings. The molecule has 0 saturated carbocycles. The maximum Gasteiger partial charge on any atom is 0.164 e. The number of carbonyl (C=O) groups excluding carboxylic acids is 1. The zero-order valence-electron chi connectivity index (χ0n) is 9.56. The average Bonchev–Trinajstić information content (AvgIpc) is 2.72. The predicted molar refractivity (Wildman–Crippen MR) is 67.3 cm³/mol. The molecule has 3 nitrogen and oxygen atoms in total. The van der Waals surface area contributed by atoms with Crippen molar-refractivity contribution in [2.75, 3.05) is 0 Å². The van der Waals surface area contributed by atoms with Crippen molar-refractivity contribution in [2.45, 2.75) is 12.8 Å². The Morgan fingerprint density at radius 1 is 1.41 bits per heavy atom. The topological polar surface area (TPSA) is 34.9 Å². The molecule has 0 spiro atoms. The number of hydrogen-bond acceptors (Lipinski definition) is 2. The van der Waals surface area contributed by atoms with Gasteiger partial charge in [-0.2, -0.15) is 0 Å². The van der Waals surface area contributed by atoms with Crippen molar-refractivity contribution < 1.29 is 4.79 Å². The molecule has 0 aliphatic rings. The van der Waals surface area contributed by atoms with Crippen LogP contribution in [-0.4, -0.2) is 15.3 Å². The van der Waals surface area contributed by atoms with E-state index in [9.17, 15) is 4.79 Å². The summed E-state index contributed by atoms with van der Waals surface area (Å²) >= 11 is 5.97. The van der Waals surface area contributed by atoms with Crippen LogP contribution < -0.4 is 0 Å². The number of nitrogens with zero attached hydrogens (tertiary/aromatic N) is 2. The molecule has 4 heteroatoms. The fraction of sp³-hybridized carbons (Fsp3) is 0.231. The minimum atomic E-state index is 0.0543. The van der Waals surface area contributed by atoms with Gasteiger partial charge < -0.3 is 4.57 Å². The van der Waals surface area contributed by atoms with E-state index in [4.69, 9.17) is 11.6 Å². The van der Waals surface area contributed by atoms with Gasteiger partial charge in [-0.1, -0.05) is 23.7 Å². The Balaban J connectivity index is 2.04. The van der Waals surface area contributed by atoms with Crippen molar-refractivity contribution in [1.29, 1.82) is 0 Å². The first-order valence-electron chi connectivity index (χ1n) is 5.42. The first-order chi connectivity index (χ1) is 8.18. The van der Waals surface area contributed by atoms with Crippen molar-refractivity contribution in [3.8, 4) is 0 Å². The van der Waals surface area contributed by atoms with Gasteiger partial charge in [0.2, 0.25) is 0 Å². The Hall–Kier alpha value is -1.61. The Morgan fingerprint density at radius 3 is 2.82 bits per heavy atom. The number of aromatic nitrogens is 2. The summed E-state index contributed by atoms with van der Waals surface area (Å²) in [5.74, 6) is 0.962. The molecule has 1 heterocycles. The molecular weight excluding hydrogens is 236 g/mol. The zero-order chi connectivity index (χ0) is 12.3. The fourth-order valence-corrected chi connectivity index (χ4v) is 1.93. The number of aryl methyl sites for hydroxylation is 2. The molecule has 2 rings (SSSR count). The third-order valence-electron chi connectivity index (χ3n) is 2.67.